The molecule has 0 aromatic heterocycles. The molecule has 9 aliphatic rings. The van der Waals surface area contributed by atoms with Crippen LogP contribution in [-0.2, 0) is 58.3 Å². The molecule has 0 aromatic rings. The monoisotopic (exact) mass is 1230 g/mol. The van der Waals surface area contributed by atoms with E-state index in [1.165, 1.54) is 0 Å². The first-order valence-corrected chi connectivity index (χ1v) is 34.4. The average Bonchev–Trinajstić information content (AvgIpc) is 4.36. The van der Waals surface area contributed by atoms with Gasteiger partial charge in [0.15, 0.2) is 0 Å². The molecule has 8 bridgehead atoms. The smallest absolute Gasteiger partial charge is 0.0654 e. The molecule has 4 saturated carbocycles. The molecule has 474 valence electrons. The molecule has 0 spiro atoms. The summed E-state index contributed by atoms with van der Waals surface area (Å²) < 4.78 is 57.2. The van der Waals surface area contributed by atoms with E-state index >= 15 is 0 Å². The number of nitrogens with one attached hydrogen (secondary N) is 8. The Morgan fingerprint density at radius 2 is 0.321 bits per heavy atom. The molecule has 0 amide bonds. The van der Waals surface area contributed by atoms with E-state index in [-0.39, 0.29) is 166 Å². The molecule has 4 aliphatic carbocycles. The van der Waals surface area contributed by atoms with Crippen LogP contribution in [0.4, 0.5) is 0 Å². The molecule has 9 rings (SSSR count). The predicted molar refractivity (Wildman–Crippen MR) is 317 cm³/mol. The Labute approximate surface area is 506 Å². The van der Waals surface area contributed by atoms with Gasteiger partial charge in [-0.15, -0.1) is 0 Å². The van der Waals surface area contributed by atoms with Crippen molar-refractivity contribution in [3.8, 4) is 0 Å². The zero-order valence-electron chi connectivity index (χ0n) is 52.1. The fourth-order valence-corrected chi connectivity index (χ4v) is 16.6. The molecule has 81 heavy (non-hydrogen) atoms. The third kappa shape index (κ3) is 16.5. The molecule has 0 radical (unpaired) electrons. The molecule has 8 N–H and O–H groups in total. The summed E-state index contributed by atoms with van der Waals surface area (Å²) in [6, 6.07) is 0. The minimum absolute atomic E-state index is 0. The molecule has 5 heterocycles. The molecule has 17 heteroatoms. The Morgan fingerprint density at radius 3 is 0.420 bits per heavy atom. The van der Waals surface area contributed by atoms with Crippen LogP contribution in [0.5, 0.6) is 0 Å². The van der Waals surface area contributed by atoms with Gasteiger partial charge in [-0.25, -0.2) is 0 Å². The van der Waals surface area contributed by atoms with Gasteiger partial charge in [0.25, 0.3) is 0 Å². The van der Waals surface area contributed by atoms with Crippen molar-refractivity contribution in [3.05, 3.63) is 0 Å². The van der Waals surface area contributed by atoms with Crippen LogP contribution in [0.25, 0.3) is 0 Å². The zero-order valence-corrected chi connectivity index (χ0v) is 53.6. The summed E-state index contributed by atoms with van der Waals surface area (Å²) in [6.45, 7) is 24.5. The third-order valence-electron chi connectivity index (χ3n) is 20.7. The molecule has 16 unspecified atom stereocenters. The quantitative estimate of drug-likeness (QED) is 0.0237. The maximum atomic E-state index is 7.15. The van der Waals surface area contributed by atoms with Gasteiger partial charge in [-0.05, 0) is 103 Å². The van der Waals surface area contributed by atoms with Crippen LogP contribution >= 0.6 is 0 Å². The van der Waals surface area contributed by atoms with Crippen LogP contribution in [-0.4, -0.2) is 151 Å². The summed E-state index contributed by atoms with van der Waals surface area (Å²) in [5.74, 6) is 1.32. The molecule has 9 fully saturated rings. The van der Waals surface area contributed by atoms with Gasteiger partial charge in [-0.2, -0.15) is 0 Å². The molecule has 5 aliphatic heterocycles. The summed E-state index contributed by atoms with van der Waals surface area (Å²) in [6.07, 6.45) is 25.6. The second-order valence-electron chi connectivity index (χ2n) is 26.2. The van der Waals surface area contributed by atoms with Crippen molar-refractivity contribution in [1.29, 1.82) is 0 Å². The van der Waals surface area contributed by atoms with Crippen LogP contribution in [0.1, 0.15) is 209 Å². The van der Waals surface area contributed by atoms with Gasteiger partial charge in [0.1, 0.15) is 0 Å². The van der Waals surface area contributed by atoms with Crippen LogP contribution in [0.15, 0.2) is 0 Å². The first-order valence-electron chi connectivity index (χ1n) is 34.4. The number of ether oxygens (including phenoxy) is 8. The van der Waals surface area contributed by atoms with Gasteiger partial charge in [-0.3, -0.25) is 42.5 Å². The topological polar surface area (TPSA) is 170 Å². The molecule has 0 aromatic carbocycles. The van der Waals surface area contributed by atoms with E-state index in [0.717, 1.165) is 207 Å². The first kappa shape index (κ1) is 67.0. The molecular formula is C64H120N8O8Pd. The van der Waals surface area contributed by atoms with Crippen molar-refractivity contribution < 1.29 is 58.3 Å². The van der Waals surface area contributed by atoms with Crippen molar-refractivity contribution in [2.75, 3.05) is 52.9 Å². The van der Waals surface area contributed by atoms with Gasteiger partial charge < -0.3 is 37.9 Å². The van der Waals surface area contributed by atoms with Crippen molar-refractivity contribution >= 4 is 0 Å². The number of fused-ring (bicyclic) bond motifs is 20. The first-order chi connectivity index (χ1) is 39.4. The molecule has 5 saturated heterocycles. The van der Waals surface area contributed by atoms with Crippen LogP contribution in [0.2, 0.25) is 0 Å². The molecular weight excluding hydrogens is 1120 g/mol. The maximum Gasteiger partial charge on any atom is 0.0654 e. The summed E-state index contributed by atoms with van der Waals surface area (Å²) in [5.41, 5.74) is 0. The number of rotatable bonds is 32. The fraction of sp³-hybridized carbons (Fsp3) is 1.00. The fourth-order valence-electron chi connectivity index (χ4n) is 16.6. The molecule has 16 atom stereocenters. The Morgan fingerprint density at radius 1 is 0.210 bits per heavy atom. The van der Waals surface area contributed by atoms with Crippen molar-refractivity contribution in [2.45, 2.75) is 308 Å². The van der Waals surface area contributed by atoms with E-state index in [9.17, 15) is 0 Å². The average molecular weight is 1240 g/mol. The number of unbranched alkanes of at least 4 members (excludes halogenated alkanes) is 8. The maximum absolute atomic E-state index is 7.15. The second kappa shape index (κ2) is 34.7. The molecule has 16 nitrogen and oxygen atoms in total. The minimum Gasteiger partial charge on any atom is -0.378 e. The summed E-state index contributed by atoms with van der Waals surface area (Å²) in [7, 11) is 0. The predicted octanol–water partition coefficient (Wildman–Crippen LogP) is 8.96. The van der Waals surface area contributed by atoms with E-state index in [1.54, 1.807) is 0 Å². The third-order valence-corrected chi connectivity index (χ3v) is 20.7. The van der Waals surface area contributed by atoms with Crippen LogP contribution in [0.3, 0.4) is 0 Å². The van der Waals surface area contributed by atoms with Gasteiger partial charge >= 0.3 is 0 Å². The van der Waals surface area contributed by atoms with E-state index in [0.29, 0.717) is 0 Å². The Balaban J connectivity index is 0.00000860. The van der Waals surface area contributed by atoms with Crippen molar-refractivity contribution in [2.24, 2.45) is 47.3 Å². The number of hydrogen-bond donors (Lipinski definition) is 8. The van der Waals surface area contributed by atoms with Gasteiger partial charge in [0.05, 0.1) is 98.2 Å². The van der Waals surface area contributed by atoms with Crippen molar-refractivity contribution in [1.82, 2.24) is 42.5 Å². The summed E-state index contributed by atoms with van der Waals surface area (Å²) in [4.78, 5) is 0. The second-order valence-corrected chi connectivity index (χ2v) is 26.2. The standard InChI is InChI=1S/C64H120N8O8.Pd/c1-9-17-33-73-41-25-26-42(74-34-18-10-2)50-49(41)57-65-58(50)70-60-53-45(77-37-21-13-5)29-30-46(78-38-22-14-6)54(53)62(67-60)72-64-56-48(80-40-24-16-8)32-31-47(79-39-23-15-7)55(56)63(68-64)71-61-52-44(76-36-20-12-4)28-27-43(75-35-19-11-3)51(52)59(66-61)69-57;/h41-72H,9-40H2,1-8H3;. The Bertz CT molecular complexity index is 1390. The largest absolute Gasteiger partial charge is 0.378 e. The SMILES string of the molecule is CCCCOC1CCC(OCCCC)C2C3NC(NC4NC(NC5NC(NC6NC(N3)C3C(OCCCC)CCC(OCCCC)C63)C3C(OCCCC)CCC(OCCCC)C53)C3C(OCCCC)CCC(OCCCC)C43)C12.[Pd]. The van der Waals surface area contributed by atoms with Gasteiger partial charge in [0.2, 0.25) is 0 Å². The van der Waals surface area contributed by atoms with E-state index < -0.39 is 0 Å². The van der Waals surface area contributed by atoms with Gasteiger partial charge in [0, 0.05) is 121 Å². The van der Waals surface area contributed by atoms with Crippen LogP contribution < -0.4 is 42.5 Å². The van der Waals surface area contributed by atoms with E-state index in [1.807, 2.05) is 0 Å². The van der Waals surface area contributed by atoms with Gasteiger partial charge in [-0.1, -0.05) is 107 Å². The van der Waals surface area contributed by atoms with E-state index in [2.05, 4.69) is 97.9 Å². The van der Waals surface area contributed by atoms with Crippen LogP contribution in [0, 0.1) is 47.3 Å². The van der Waals surface area contributed by atoms with Crippen molar-refractivity contribution in [3.63, 3.8) is 0 Å². The normalized spacial score (nSPS) is 41.8. The Kier molecular flexibility index (Phi) is 28.7. The Hall–Kier alpha value is 0.0223. The minimum atomic E-state index is -0.0579. The summed E-state index contributed by atoms with van der Waals surface area (Å²) >= 11 is 0. The number of hydrogen-bond acceptors (Lipinski definition) is 16. The van der Waals surface area contributed by atoms with E-state index in [4.69, 9.17) is 37.9 Å². The zero-order chi connectivity index (χ0) is 55.8. The summed E-state index contributed by atoms with van der Waals surface area (Å²) in [5, 5.41) is 35.5.